The van der Waals surface area contributed by atoms with Gasteiger partial charge >= 0.3 is 6.09 Å². The average Bonchev–Trinajstić information content (AvgIpc) is 2.30. The Balaban J connectivity index is 0. The highest BCUT2D eigenvalue weighted by atomic mass is 32.2. The molecule has 0 aliphatic carbocycles. The maximum absolute atomic E-state index is 11.0. The van der Waals surface area contributed by atoms with E-state index in [9.17, 15) is 13.2 Å². The van der Waals surface area contributed by atoms with Crippen LogP contribution in [-0.2, 0) is 19.0 Å². The van der Waals surface area contributed by atoms with E-state index in [0.29, 0.717) is 13.0 Å². The van der Waals surface area contributed by atoms with Crippen LogP contribution in [0.3, 0.4) is 0 Å². The maximum atomic E-state index is 11.0. The van der Waals surface area contributed by atoms with Gasteiger partial charge in [0.05, 0.1) is 25.2 Å². The molecule has 0 saturated carbocycles. The number of amides is 1. The molecule has 0 heterocycles. The van der Waals surface area contributed by atoms with Gasteiger partial charge in [-0.25, -0.2) is 4.79 Å². The molecule has 0 bridgehead atoms. The van der Waals surface area contributed by atoms with Crippen LogP contribution in [0, 0.1) is 0 Å². The molecule has 0 saturated heterocycles. The van der Waals surface area contributed by atoms with E-state index in [-0.39, 0.29) is 12.4 Å². The van der Waals surface area contributed by atoms with Crippen molar-refractivity contribution in [2.75, 3.05) is 19.0 Å². The first-order chi connectivity index (χ1) is 8.89. The Morgan fingerprint density at radius 1 is 1.32 bits per heavy atom. The highest BCUT2D eigenvalue weighted by Gasteiger charge is 2.08. The van der Waals surface area contributed by atoms with Crippen LogP contribution in [0.25, 0.3) is 0 Å². The van der Waals surface area contributed by atoms with E-state index in [4.69, 9.17) is 5.11 Å². The van der Waals surface area contributed by atoms with Crippen molar-refractivity contribution in [3.05, 3.63) is 12.3 Å². The molecule has 114 valence electrons. The molecule has 0 rings (SSSR count). The number of aliphatic hydroxyl groups excluding tert-OH is 1. The normalized spacial score (nSPS) is 10.8. The quantitative estimate of drug-likeness (QED) is 0.400. The molecule has 0 fully saturated rings. The molecule has 0 aliphatic heterocycles. The number of rotatable bonds is 8. The van der Waals surface area contributed by atoms with E-state index >= 15 is 0 Å². The number of hydrogen-bond acceptors (Lipinski definition) is 6. The molecule has 0 aromatic heterocycles. The van der Waals surface area contributed by atoms with Crippen molar-refractivity contribution < 1.29 is 27.2 Å². The first-order valence-corrected chi connectivity index (χ1v) is 7.55. The predicted octanol–water partition coefficient (Wildman–Crippen LogP) is 1.70. The average molecular weight is 297 g/mol. The molecule has 3 N–H and O–H groups in total. The van der Waals surface area contributed by atoms with Crippen LogP contribution in [0.1, 0.15) is 33.1 Å². The van der Waals surface area contributed by atoms with Crippen molar-refractivity contribution in [1.82, 2.24) is 0 Å². The molecule has 7 nitrogen and oxygen atoms in total. The Morgan fingerprint density at radius 2 is 1.95 bits per heavy atom. The zero-order valence-corrected chi connectivity index (χ0v) is 12.2. The van der Waals surface area contributed by atoms with Gasteiger partial charge in [0.1, 0.15) is 0 Å². The van der Waals surface area contributed by atoms with Crippen molar-refractivity contribution in [2.24, 2.45) is 5.73 Å². The molecule has 0 atom stereocenters. The number of carbonyl (C=O) groups is 1. The SMILES string of the molecule is CCCCCS(=O)(=O)OCC=CO.CCOC(N)=O. The maximum Gasteiger partial charge on any atom is 0.404 e. The Morgan fingerprint density at radius 3 is 2.32 bits per heavy atom. The van der Waals surface area contributed by atoms with Gasteiger partial charge in [0.2, 0.25) is 0 Å². The summed E-state index contributed by atoms with van der Waals surface area (Å²) in [5, 5.41) is 8.22. The number of primary amides is 1. The third kappa shape index (κ3) is 19.2. The number of nitrogens with two attached hydrogens (primary N) is 1. The molecule has 0 aliphatic rings. The Labute approximate surface area is 114 Å². The van der Waals surface area contributed by atoms with Crippen LogP contribution in [0.2, 0.25) is 0 Å². The highest BCUT2D eigenvalue weighted by Crippen LogP contribution is 2.01. The summed E-state index contributed by atoms with van der Waals surface area (Å²) in [5.41, 5.74) is 4.54. The van der Waals surface area contributed by atoms with Gasteiger partial charge in [0.15, 0.2) is 0 Å². The minimum absolute atomic E-state index is 0.0557. The summed E-state index contributed by atoms with van der Waals surface area (Å²) < 4.78 is 30.8. The van der Waals surface area contributed by atoms with E-state index < -0.39 is 16.2 Å². The highest BCUT2D eigenvalue weighted by molar-refractivity contribution is 7.86. The lowest BCUT2D eigenvalue weighted by Gasteiger charge is -2.01. The van der Waals surface area contributed by atoms with Gasteiger partial charge in [-0.15, -0.1) is 0 Å². The van der Waals surface area contributed by atoms with Gasteiger partial charge in [0, 0.05) is 0 Å². The fourth-order valence-electron chi connectivity index (χ4n) is 0.916. The van der Waals surface area contributed by atoms with Gasteiger partial charge in [-0.2, -0.15) is 8.42 Å². The van der Waals surface area contributed by atoms with Crippen LogP contribution in [0.4, 0.5) is 4.79 Å². The minimum atomic E-state index is -3.39. The Kier molecular flexibility index (Phi) is 13.9. The molecular formula is C11H23NO6S. The second-order valence-electron chi connectivity index (χ2n) is 3.39. The van der Waals surface area contributed by atoms with Crippen LogP contribution in [0.15, 0.2) is 12.3 Å². The molecule has 1 amide bonds. The fourth-order valence-corrected chi connectivity index (χ4v) is 1.88. The molecular weight excluding hydrogens is 274 g/mol. The molecule has 0 unspecified atom stereocenters. The van der Waals surface area contributed by atoms with Crippen LogP contribution >= 0.6 is 0 Å². The van der Waals surface area contributed by atoms with E-state index in [1.54, 1.807) is 6.92 Å². The van der Waals surface area contributed by atoms with E-state index in [1.807, 2.05) is 6.92 Å². The third-order valence-corrected chi connectivity index (χ3v) is 3.02. The minimum Gasteiger partial charge on any atom is -0.516 e. The van der Waals surface area contributed by atoms with E-state index in [2.05, 4.69) is 14.7 Å². The van der Waals surface area contributed by atoms with Crippen LogP contribution in [-0.4, -0.2) is 38.6 Å². The summed E-state index contributed by atoms with van der Waals surface area (Å²) in [6.45, 7) is 3.97. The van der Waals surface area contributed by atoms with Gasteiger partial charge in [-0.1, -0.05) is 19.8 Å². The van der Waals surface area contributed by atoms with Crippen molar-refractivity contribution in [3.63, 3.8) is 0 Å². The van der Waals surface area contributed by atoms with E-state index in [1.165, 1.54) is 6.08 Å². The van der Waals surface area contributed by atoms with Crippen molar-refractivity contribution in [2.45, 2.75) is 33.1 Å². The first kappa shape index (κ1) is 20.0. The summed E-state index contributed by atoms with van der Waals surface area (Å²) in [5.74, 6) is 0.0557. The molecule has 8 heteroatoms. The first-order valence-electron chi connectivity index (χ1n) is 5.98. The van der Waals surface area contributed by atoms with Gasteiger partial charge < -0.3 is 15.6 Å². The number of carbonyl (C=O) groups excluding carboxylic acids is 1. The predicted molar refractivity (Wildman–Crippen MR) is 72.2 cm³/mol. The fraction of sp³-hybridized carbons (Fsp3) is 0.727. The van der Waals surface area contributed by atoms with Crippen LogP contribution < -0.4 is 5.73 Å². The number of aliphatic hydroxyl groups is 1. The van der Waals surface area contributed by atoms with E-state index in [0.717, 1.165) is 19.1 Å². The molecule has 0 spiro atoms. The van der Waals surface area contributed by atoms with Crippen LogP contribution in [0.5, 0.6) is 0 Å². The lowest BCUT2D eigenvalue weighted by molar-refractivity contribution is 0.163. The number of unbranched alkanes of at least 4 members (excludes halogenated alkanes) is 2. The monoisotopic (exact) mass is 297 g/mol. The summed E-state index contributed by atoms with van der Waals surface area (Å²) in [6.07, 6.45) is 3.78. The summed E-state index contributed by atoms with van der Waals surface area (Å²) in [7, 11) is -3.39. The van der Waals surface area contributed by atoms with Gasteiger partial charge in [0.25, 0.3) is 10.1 Å². The summed E-state index contributed by atoms with van der Waals surface area (Å²) in [6, 6.07) is 0. The molecule has 0 aromatic carbocycles. The summed E-state index contributed by atoms with van der Waals surface area (Å²) >= 11 is 0. The topological polar surface area (TPSA) is 116 Å². The van der Waals surface area contributed by atoms with Gasteiger partial charge in [-0.3, -0.25) is 4.18 Å². The molecule has 19 heavy (non-hydrogen) atoms. The number of ether oxygens (including phenoxy) is 1. The van der Waals surface area contributed by atoms with Crippen molar-refractivity contribution in [3.8, 4) is 0 Å². The second-order valence-corrected chi connectivity index (χ2v) is 5.15. The largest absolute Gasteiger partial charge is 0.516 e. The number of hydrogen-bond donors (Lipinski definition) is 2. The standard InChI is InChI=1S/C8H16O4S.C3H7NO2/c1-2-3-4-8-13(10,11)12-7-5-6-9;1-2-6-3(4)5/h5-6,9H,2-4,7-8H2,1H3;2H2,1H3,(H2,4,5). The zero-order chi connectivity index (χ0) is 15.1. The Hall–Kier alpha value is -1.28. The molecule has 0 aromatic rings. The zero-order valence-electron chi connectivity index (χ0n) is 11.4. The third-order valence-electron chi connectivity index (χ3n) is 1.73. The van der Waals surface area contributed by atoms with Crippen molar-refractivity contribution >= 4 is 16.2 Å². The lowest BCUT2D eigenvalue weighted by Crippen LogP contribution is -2.11. The second kappa shape index (κ2) is 13.2. The molecule has 0 radical (unpaired) electrons. The summed E-state index contributed by atoms with van der Waals surface area (Å²) in [4.78, 5) is 9.60. The smallest absolute Gasteiger partial charge is 0.404 e. The van der Waals surface area contributed by atoms with Crippen molar-refractivity contribution in [1.29, 1.82) is 0 Å². The Bertz CT molecular complexity index is 339. The van der Waals surface area contributed by atoms with Gasteiger partial charge in [-0.05, 0) is 19.4 Å². The lowest BCUT2D eigenvalue weighted by atomic mass is 10.3.